The lowest BCUT2D eigenvalue weighted by molar-refractivity contribution is -0.123. The number of nitrogens with one attached hydrogen (secondary N) is 1. The van der Waals surface area contributed by atoms with Crippen molar-refractivity contribution in [2.75, 3.05) is 17.2 Å². The van der Waals surface area contributed by atoms with Crippen LogP contribution in [0.2, 0.25) is 0 Å². The average Bonchev–Trinajstić information content (AvgIpc) is 3.68. The molecule has 4 aromatic rings. The van der Waals surface area contributed by atoms with E-state index in [1.807, 2.05) is 35.0 Å². The van der Waals surface area contributed by atoms with Crippen LogP contribution in [0.1, 0.15) is 45.9 Å². The summed E-state index contributed by atoms with van der Waals surface area (Å²) in [6.45, 7) is 6.21. The summed E-state index contributed by atoms with van der Waals surface area (Å²) >= 11 is 1.60. The second-order valence-corrected chi connectivity index (χ2v) is 11.6. The number of anilines is 1. The number of nitrogens with zero attached hydrogens (tertiary/aromatic N) is 3. The zero-order chi connectivity index (χ0) is 27.1. The van der Waals surface area contributed by atoms with E-state index < -0.39 is 0 Å². The van der Waals surface area contributed by atoms with E-state index in [4.69, 9.17) is 5.10 Å². The molecule has 1 N–H and O–H groups in total. The first-order chi connectivity index (χ1) is 18.9. The van der Waals surface area contributed by atoms with Crippen molar-refractivity contribution in [2.45, 2.75) is 44.9 Å². The molecule has 1 aliphatic heterocycles. The van der Waals surface area contributed by atoms with Crippen LogP contribution in [0.15, 0.2) is 72.8 Å². The van der Waals surface area contributed by atoms with Gasteiger partial charge in [0.2, 0.25) is 11.8 Å². The van der Waals surface area contributed by atoms with Gasteiger partial charge < -0.3 is 5.32 Å². The van der Waals surface area contributed by atoms with Crippen molar-refractivity contribution in [3.05, 3.63) is 101 Å². The summed E-state index contributed by atoms with van der Waals surface area (Å²) in [5, 5.41) is 8.16. The minimum atomic E-state index is -0.134. The van der Waals surface area contributed by atoms with Crippen LogP contribution in [-0.4, -0.2) is 39.9 Å². The van der Waals surface area contributed by atoms with Gasteiger partial charge in [0.25, 0.3) is 0 Å². The van der Waals surface area contributed by atoms with Gasteiger partial charge in [0.1, 0.15) is 12.4 Å². The molecule has 1 atom stereocenters. The lowest BCUT2D eigenvalue weighted by Gasteiger charge is -2.24. The molecule has 7 heteroatoms. The van der Waals surface area contributed by atoms with E-state index >= 15 is 0 Å². The maximum Gasteiger partial charge on any atom is 0.240 e. The zero-order valence-corrected chi connectivity index (χ0v) is 23.3. The van der Waals surface area contributed by atoms with Crippen molar-refractivity contribution in [1.82, 2.24) is 15.1 Å². The minimum Gasteiger partial charge on any atom is -0.352 e. The Labute approximate surface area is 233 Å². The standard InChI is InChI=1S/C32H32N4O2S/c1-20-9-7-13-24(17-20)31-29-30(23-11-5-4-6-12-23)34-36(26-14-8-10-21(2)22(26)3)32(29)35(28(38)19-39-31)18-27(37)33-25-15-16-25/h4-14,17,25,31H,15-16,18-19H2,1-3H3,(H,33,37). The molecule has 0 saturated heterocycles. The number of hydrogen-bond donors (Lipinski definition) is 1. The van der Waals surface area contributed by atoms with Crippen molar-refractivity contribution in [3.8, 4) is 16.9 Å². The van der Waals surface area contributed by atoms with Crippen molar-refractivity contribution in [3.63, 3.8) is 0 Å². The highest BCUT2D eigenvalue weighted by Crippen LogP contribution is 2.48. The van der Waals surface area contributed by atoms with Gasteiger partial charge in [0, 0.05) is 17.2 Å². The first kappa shape index (κ1) is 25.4. The Morgan fingerprint density at radius 2 is 1.77 bits per heavy atom. The second kappa shape index (κ2) is 10.4. The molecule has 39 heavy (non-hydrogen) atoms. The third-order valence-corrected chi connectivity index (χ3v) is 8.78. The molecule has 6 rings (SSSR count). The largest absolute Gasteiger partial charge is 0.352 e. The van der Waals surface area contributed by atoms with E-state index in [2.05, 4.69) is 68.6 Å². The van der Waals surface area contributed by atoms with Gasteiger partial charge in [-0.3, -0.25) is 14.5 Å². The topological polar surface area (TPSA) is 67.2 Å². The van der Waals surface area contributed by atoms with Gasteiger partial charge in [0.15, 0.2) is 0 Å². The lowest BCUT2D eigenvalue weighted by atomic mass is 9.98. The van der Waals surface area contributed by atoms with E-state index in [0.717, 1.165) is 57.6 Å². The molecule has 1 aliphatic carbocycles. The highest BCUT2D eigenvalue weighted by molar-refractivity contribution is 8.00. The van der Waals surface area contributed by atoms with Gasteiger partial charge in [-0.25, -0.2) is 4.68 Å². The summed E-state index contributed by atoms with van der Waals surface area (Å²) in [7, 11) is 0. The van der Waals surface area contributed by atoms with Crippen LogP contribution in [-0.2, 0) is 9.59 Å². The molecule has 3 aromatic carbocycles. The summed E-state index contributed by atoms with van der Waals surface area (Å²) in [6, 6.07) is 25.0. The Morgan fingerprint density at radius 3 is 2.51 bits per heavy atom. The van der Waals surface area contributed by atoms with Crippen molar-refractivity contribution >= 4 is 29.4 Å². The lowest BCUT2D eigenvalue weighted by Crippen LogP contribution is -2.43. The number of aromatic nitrogens is 2. The third-order valence-electron chi connectivity index (χ3n) is 7.53. The van der Waals surface area contributed by atoms with Gasteiger partial charge in [-0.1, -0.05) is 72.3 Å². The highest BCUT2D eigenvalue weighted by Gasteiger charge is 2.38. The molecule has 1 saturated carbocycles. The number of hydrogen-bond acceptors (Lipinski definition) is 4. The predicted molar refractivity (Wildman–Crippen MR) is 157 cm³/mol. The van der Waals surface area contributed by atoms with Gasteiger partial charge in [0.05, 0.1) is 22.4 Å². The van der Waals surface area contributed by atoms with E-state index in [1.165, 1.54) is 0 Å². The summed E-state index contributed by atoms with van der Waals surface area (Å²) in [4.78, 5) is 28.6. The fourth-order valence-electron chi connectivity index (χ4n) is 5.20. The van der Waals surface area contributed by atoms with Crippen LogP contribution >= 0.6 is 11.8 Å². The fraction of sp³-hybridized carbons (Fsp3) is 0.281. The number of aryl methyl sites for hydroxylation is 2. The molecule has 198 valence electrons. The molecule has 1 unspecified atom stereocenters. The molecule has 2 aliphatic rings. The van der Waals surface area contributed by atoms with Crippen LogP contribution in [0.5, 0.6) is 0 Å². The van der Waals surface area contributed by atoms with Crippen LogP contribution < -0.4 is 10.2 Å². The molecule has 1 fully saturated rings. The zero-order valence-electron chi connectivity index (χ0n) is 22.5. The van der Waals surface area contributed by atoms with Gasteiger partial charge in [-0.05, 0) is 56.4 Å². The minimum absolute atomic E-state index is 0.0335. The SMILES string of the molecule is Cc1cccc(C2SCC(=O)N(CC(=O)NC3CC3)c3c2c(-c2ccccc2)nn3-c2cccc(C)c2C)c1. The molecule has 6 nitrogen and oxygen atoms in total. The van der Waals surface area contributed by atoms with Gasteiger partial charge in [-0.2, -0.15) is 5.10 Å². The quantitative estimate of drug-likeness (QED) is 0.333. The van der Waals surface area contributed by atoms with Gasteiger partial charge >= 0.3 is 0 Å². The first-order valence-electron chi connectivity index (χ1n) is 13.4. The second-order valence-electron chi connectivity index (χ2n) is 10.5. The Hall–Kier alpha value is -3.84. The third kappa shape index (κ3) is 4.99. The van der Waals surface area contributed by atoms with Crippen molar-refractivity contribution < 1.29 is 9.59 Å². The van der Waals surface area contributed by atoms with Gasteiger partial charge in [-0.15, -0.1) is 11.8 Å². The molecule has 1 aromatic heterocycles. The number of carbonyl (C=O) groups excluding carboxylic acids is 2. The number of carbonyl (C=O) groups is 2. The summed E-state index contributed by atoms with van der Waals surface area (Å²) in [6.07, 6.45) is 1.99. The molecule has 0 bridgehead atoms. The van der Waals surface area contributed by atoms with E-state index in [-0.39, 0.29) is 35.4 Å². The van der Waals surface area contributed by atoms with E-state index in [0.29, 0.717) is 5.82 Å². The van der Waals surface area contributed by atoms with Crippen LogP contribution in [0.4, 0.5) is 5.82 Å². The number of benzene rings is 3. The van der Waals surface area contributed by atoms with Crippen LogP contribution in [0, 0.1) is 20.8 Å². The normalized spacial score (nSPS) is 17.1. The average molecular weight is 537 g/mol. The molecule has 2 heterocycles. The Balaban J connectivity index is 1.63. The smallest absolute Gasteiger partial charge is 0.240 e. The molecule has 0 spiro atoms. The Bertz CT molecular complexity index is 1560. The summed E-state index contributed by atoms with van der Waals surface area (Å²) in [5.41, 5.74) is 8.18. The number of thioether (sulfide) groups is 1. The summed E-state index contributed by atoms with van der Waals surface area (Å²) in [5.74, 6) is 0.722. The monoisotopic (exact) mass is 536 g/mol. The van der Waals surface area contributed by atoms with E-state index in [9.17, 15) is 9.59 Å². The predicted octanol–water partition coefficient (Wildman–Crippen LogP) is 5.91. The fourth-order valence-corrected chi connectivity index (χ4v) is 6.39. The van der Waals surface area contributed by atoms with Crippen molar-refractivity contribution in [1.29, 1.82) is 0 Å². The molecule has 2 amide bonds. The number of rotatable bonds is 6. The maximum absolute atomic E-state index is 13.8. The first-order valence-corrected chi connectivity index (χ1v) is 14.5. The van der Waals surface area contributed by atoms with Crippen molar-refractivity contribution in [2.24, 2.45) is 0 Å². The number of fused-ring (bicyclic) bond motifs is 1. The number of amides is 2. The highest BCUT2D eigenvalue weighted by atomic mass is 32.2. The Morgan fingerprint density at radius 1 is 1.00 bits per heavy atom. The molecular weight excluding hydrogens is 504 g/mol. The molecule has 0 radical (unpaired) electrons. The summed E-state index contributed by atoms with van der Waals surface area (Å²) < 4.78 is 1.90. The van der Waals surface area contributed by atoms with E-state index in [1.54, 1.807) is 16.7 Å². The maximum atomic E-state index is 13.8. The Kier molecular flexibility index (Phi) is 6.77. The molecular formula is C32H32N4O2S. The van der Waals surface area contributed by atoms with Crippen LogP contribution in [0.3, 0.4) is 0 Å². The van der Waals surface area contributed by atoms with Crippen LogP contribution in [0.25, 0.3) is 16.9 Å².